The van der Waals surface area contributed by atoms with E-state index in [-0.39, 0.29) is 11.8 Å². The van der Waals surface area contributed by atoms with E-state index in [4.69, 9.17) is 16.3 Å². The number of nitrogens with one attached hydrogen (secondary N) is 2. The standard InChI is InChI=1S/C22H17ClN2O3/c1-12-3-6-16(13(2)9-12)21(26)24-15-5-8-19-17(11-15)22(27)25-18-10-14(23)4-7-20(18)28-19/h3-11H,1-2H3,(H,24,26)(H,25,27). The van der Waals surface area contributed by atoms with E-state index in [1.54, 1.807) is 42.5 Å². The molecule has 2 N–H and O–H groups in total. The van der Waals surface area contributed by atoms with Crippen LogP contribution in [0.5, 0.6) is 11.5 Å². The van der Waals surface area contributed by atoms with Crippen LogP contribution in [0.2, 0.25) is 5.02 Å². The van der Waals surface area contributed by atoms with Crippen molar-refractivity contribution in [2.75, 3.05) is 10.6 Å². The number of hydrogen-bond donors (Lipinski definition) is 2. The number of ether oxygens (including phenoxy) is 1. The van der Waals surface area contributed by atoms with Crippen molar-refractivity contribution in [3.05, 3.63) is 81.9 Å². The van der Waals surface area contributed by atoms with E-state index in [0.717, 1.165) is 11.1 Å². The van der Waals surface area contributed by atoms with Gasteiger partial charge in [-0.15, -0.1) is 0 Å². The van der Waals surface area contributed by atoms with Gasteiger partial charge in [-0.2, -0.15) is 0 Å². The van der Waals surface area contributed by atoms with Gasteiger partial charge in [-0.25, -0.2) is 0 Å². The third-order valence-corrected chi connectivity index (χ3v) is 4.75. The van der Waals surface area contributed by atoms with Crippen molar-refractivity contribution in [3.8, 4) is 11.5 Å². The average Bonchev–Trinajstić information content (AvgIpc) is 2.77. The van der Waals surface area contributed by atoms with Crippen molar-refractivity contribution in [3.63, 3.8) is 0 Å². The number of hydrogen-bond acceptors (Lipinski definition) is 3. The van der Waals surface area contributed by atoms with Gasteiger partial charge in [-0.3, -0.25) is 9.59 Å². The summed E-state index contributed by atoms with van der Waals surface area (Å²) in [5.41, 5.74) is 3.89. The number of carbonyl (C=O) groups is 2. The SMILES string of the molecule is Cc1ccc(C(=O)Nc2ccc3c(c2)C(=O)Nc2cc(Cl)ccc2O3)c(C)c1. The molecule has 6 heteroatoms. The first kappa shape index (κ1) is 18.1. The van der Waals surface area contributed by atoms with Gasteiger partial charge in [0.25, 0.3) is 11.8 Å². The van der Waals surface area contributed by atoms with Crippen LogP contribution >= 0.6 is 11.6 Å². The summed E-state index contributed by atoms with van der Waals surface area (Å²) >= 11 is 6.00. The summed E-state index contributed by atoms with van der Waals surface area (Å²) in [5, 5.41) is 6.13. The van der Waals surface area contributed by atoms with Crippen LogP contribution < -0.4 is 15.4 Å². The van der Waals surface area contributed by atoms with Crippen molar-refractivity contribution >= 4 is 34.8 Å². The van der Waals surface area contributed by atoms with Crippen LogP contribution in [0.25, 0.3) is 0 Å². The summed E-state index contributed by atoms with van der Waals surface area (Å²) in [7, 11) is 0. The Kier molecular flexibility index (Phi) is 4.53. The Hall–Kier alpha value is -3.31. The monoisotopic (exact) mass is 392 g/mol. The highest BCUT2D eigenvalue weighted by atomic mass is 35.5. The van der Waals surface area contributed by atoms with E-state index in [1.807, 2.05) is 26.0 Å². The molecule has 1 heterocycles. The molecule has 0 saturated carbocycles. The first-order chi connectivity index (χ1) is 13.4. The van der Waals surface area contributed by atoms with E-state index in [2.05, 4.69) is 10.6 Å². The minimum Gasteiger partial charge on any atom is -0.454 e. The highest BCUT2D eigenvalue weighted by molar-refractivity contribution is 6.31. The number of halogens is 1. The Morgan fingerprint density at radius 1 is 1.00 bits per heavy atom. The van der Waals surface area contributed by atoms with Gasteiger partial charge < -0.3 is 15.4 Å². The lowest BCUT2D eigenvalue weighted by Gasteiger charge is -2.11. The van der Waals surface area contributed by atoms with Crippen LogP contribution in [0.3, 0.4) is 0 Å². The Labute approximate surface area is 167 Å². The topological polar surface area (TPSA) is 67.4 Å². The van der Waals surface area contributed by atoms with E-state index in [1.165, 1.54) is 0 Å². The molecule has 0 unspecified atom stereocenters. The zero-order valence-corrected chi connectivity index (χ0v) is 16.1. The summed E-state index contributed by atoms with van der Waals surface area (Å²) in [6.45, 7) is 3.87. The molecule has 140 valence electrons. The highest BCUT2D eigenvalue weighted by Crippen LogP contribution is 2.38. The van der Waals surface area contributed by atoms with Gasteiger partial charge in [0.2, 0.25) is 0 Å². The Bertz CT molecular complexity index is 1120. The third-order valence-electron chi connectivity index (χ3n) is 4.52. The van der Waals surface area contributed by atoms with E-state index < -0.39 is 0 Å². The molecule has 1 aliphatic rings. The third kappa shape index (κ3) is 3.44. The van der Waals surface area contributed by atoms with E-state index >= 15 is 0 Å². The summed E-state index contributed by atoms with van der Waals surface area (Å²) in [5.74, 6) is 0.341. The molecule has 0 fully saturated rings. The average molecular weight is 393 g/mol. The van der Waals surface area contributed by atoms with Crippen molar-refractivity contribution in [1.29, 1.82) is 0 Å². The van der Waals surface area contributed by atoms with Crippen LogP contribution in [-0.4, -0.2) is 11.8 Å². The molecule has 0 aliphatic carbocycles. The van der Waals surface area contributed by atoms with E-state index in [9.17, 15) is 9.59 Å². The number of carbonyl (C=O) groups excluding carboxylic acids is 2. The Morgan fingerprint density at radius 2 is 1.79 bits per heavy atom. The normalized spacial score (nSPS) is 12.2. The predicted molar refractivity (Wildman–Crippen MR) is 110 cm³/mol. The summed E-state index contributed by atoms with van der Waals surface area (Å²) in [6, 6.07) is 15.6. The molecule has 0 bridgehead atoms. The van der Waals surface area contributed by atoms with Crippen LogP contribution in [0.1, 0.15) is 31.8 Å². The fourth-order valence-electron chi connectivity index (χ4n) is 3.14. The number of amides is 2. The van der Waals surface area contributed by atoms with Crippen LogP contribution in [0, 0.1) is 13.8 Å². The maximum atomic E-state index is 12.6. The van der Waals surface area contributed by atoms with Gasteiger partial charge in [0.05, 0.1) is 11.3 Å². The fourth-order valence-corrected chi connectivity index (χ4v) is 3.31. The van der Waals surface area contributed by atoms with Crippen LogP contribution in [0.4, 0.5) is 11.4 Å². The second-order valence-corrected chi connectivity index (χ2v) is 7.12. The Morgan fingerprint density at radius 3 is 2.57 bits per heavy atom. The lowest BCUT2D eigenvalue weighted by molar-refractivity contribution is 0.101. The highest BCUT2D eigenvalue weighted by Gasteiger charge is 2.22. The molecule has 0 radical (unpaired) electrons. The first-order valence-electron chi connectivity index (χ1n) is 8.72. The number of fused-ring (bicyclic) bond motifs is 2. The fraction of sp³-hybridized carbons (Fsp3) is 0.0909. The largest absolute Gasteiger partial charge is 0.454 e. The molecular weight excluding hydrogens is 376 g/mol. The molecular formula is C22H17ClN2O3. The zero-order valence-electron chi connectivity index (χ0n) is 15.3. The van der Waals surface area contributed by atoms with Gasteiger partial charge in [0, 0.05) is 16.3 Å². The number of rotatable bonds is 2. The molecule has 5 nitrogen and oxygen atoms in total. The second kappa shape index (κ2) is 7.02. The molecule has 0 saturated heterocycles. The number of aryl methyl sites for hydroxylation is 2. The van der Waals surface area contributed by atoms with Gasteiger partial charge >= 0.3 is 0 Å². The summed E-state index contributed by atoms with van der Waals surface area (Å²) in [6.07, 6.45) is 0. The van der Waals surface area contributed by atoms with Crippen LogP contribution in [0.15, 0.2) is 54.6 Å². The smallest absolute Gasteiger partial charge is 0.259 e. The van der Waals surface area contributed by atoms with Crippen molar-refractivity contribution < 1.29 is 14.3 Å². The maximum absolute atomic E-state index is 12.6. The molecule has 2 amide bonds. The minimum atomic E-state index is -0.335. The van der Waals surface area contributed by atoms with E-state index in [0.29, 0.717) is 39.0 Å². The van der Waals surface area contributed by atoms with Crippen molar-refractivity contribution in [1.82, 2.24) is 0 Å². The molecule has 0 spiro atoms. The predicted octanol–water partition coefficient (Wildman–Crippen LogP) is 5.57. The zero-order chi connectivity index (χ0) is 19.8. The summed E-state index contributed by atoms with van der Waals surface area (Å²) in [4.78, 5) is 25.3. The van der Waals surface area contributed by atoms with Gasteiger partial charge in [0.1, 0.15) is 5.75 Å². The molecule has 0 aromatic heterocycles. The van der Waals surface area contributed by atoms with Gasteiger partial charge in [0.15, 0.2) is 5.75 Å². The second-order valence-electron chi connectivity index (χ2n) is 6.68. The molecule has 28 heavy (non-hydrogen) atoms. The molecule has 0 atom stereocenters. The molecule has 4 rings (SSSR count). The lowest BCUT2D eigenvalue weighted by Crippen LogP contribution is -2.15. The van der Waals surface area contributed by atoms with Gasteiger partial charge in [-0.1, -0.05) is 29.3 Å². The van der Waals surface area contributed by atoms with Crippen LogP contribution in [-0.2, 0) is 0 Å². The van der Waals surface area contributed by atoms with Crippen molar-refractivity contribution in [2.24, 2.45) is 0 Å². The maximum Gasteiger partial charge on any atom is 0.259 e. The first-order valence-corrected chi connectivity index (χ1v) is 9.10. The van der Waals surface area contributed by atoms with Gasteiger partial charge in [-0.05, 0) is 61.9 Å². The quantitative estimate of drug-likeness (QED) is 0.599. The molecule has 1 aliphatic heterocycles. The Balaban J connectivity index is 1.63. The summed E-state index contributed by atoms with van der Waals surface area (Å²) < 4.78 is 5.85. The molecule has 3 aromatic carbocycles. The minimum absolute atomic E-state index is 0.234. The number of anilines is 2. The lowest BCUT2D eigenvalue weighted by atomic mass is 10.0. The number of benzene rings is 3. The van der Waals surface area contributed by atoms with Crippen molar-refractivity contribution in [2.45, 2.75) is 13.8 Å². The molecule has 3 aromatic rings.